The Labute approximate surface area is 135 Å². The Balaban J connectivity index is 1.51. The Morgan fingerprint density at radius 1 is 1.32 bits per heavy atom. The molecule has 1 N–H and O–H groups in total. The van der Waals surface area contributed by atoms with E-state index in [0.29, 0.717) is 11.0 Å². The molecule has 1 fully saturated rings. The number of amides is 1. The third-order valence-electron chi connectivity index (χ3n) is 4.25. The molecule has 1 atom stereocenters. The Kier molecular flexibility index (Phi) is 5.08. The van der Waals surface area contributed by atoms with Gasteiger partial charge in [0.2, 0.25) is 5.91 Å². The summed E-state index contributed by atoms with van der Waals surface area (Å²) in [6.45, 7) is 1.97. The van der Waals surface area contributed by atoms with E-state index in [1.54, 1.807) is 11.8 Å². The lowest BCUT2D eigenvalue weighted by Crippen LogP contribution is -2.28. The number of hydrogen-bond donors (Lipinski definition) is 1. The summed E-state index contributed by atoms with van der Waals surface area (Å²) in [5.41, 5.74) is 0.871. The topological polar surface area (TPSA) is 42.2 Å². The zero-order valence-electron chi connectivity index (χ0n) is 13.0. The highest BCUT2D eigenvalue weighted by atomic mass is 32.2. The normalized spacial score (nSPS) is 17.5. The van der Waals surface area contributed by atoms with Crippen LogP contribution < -0.4 is 5.32 Å². The summed E-state index contributed by atoms with van der Waals surface area (Å²) in [6.07, 6.45) is 6.50. The maximum atomic E-state index is 12.1. The number of carbonyl (C=O) groups excluding carboxylic acids is 1. The van der Waals surface area contributed by atoms with E-state index in [4.69, 9.17) is 4.42 Å². The van der Waals surface area contributed by atoms with Gasteiger partial charge in [0.25, 0.3) is 0 Å². The number of para-hydroxylation sites is 1. The quantitative estimate of drug-likeness (QED) is 0.871. The molecule has 0 radical (unpaired) electrons. The predicted octanol–water partition coefficient (Wildman–Crippen LogP) is 4.68. The fourth-order valence-corrected chi connectivity index (χ4v) is 4.13. The molecular weight excluding hydrogens is 294 g/mol. The second-order valence-electron chi connectivity index (χ2n) is 6.05. The van der Waals surface area contributed by atoms with Crippen molar-refractivity contribution in [2.45, 2.75) is 50.3 Å². The molecule has 2 aromatic rings. The lowest BCUT2D eigenvalue weighted by molar-refractivity contribution is -0.119. The van der Waals surface area contributed by atoms with Crippen molar-refractivity contribution in [1.82, 2.24) is 5.32 Å². The van der Waals surface area contributed by atoms with Crippen molar-refractivity contribution in [1.29, 1.82) is 0 Å². The smallest absolute Gasteiger partial charge is 0.230 e. The fourth-order valence-electron chi connectivity index (χ4n) is 3.00. The molecule has 22 heavy (non-hydrogen) atoms. The van der Waals surface area contributed by atoms with E-state index >= 15 is 0 Å². The van der Waals surface area contributed by atoms with E-state index in [1.165, 1.54) is 32.1 Å². The van der Waals surface area contributed by atoms with Crippen LogP contribution in [0.4, 0.5) is 0 Å². The molecule has 3 nitrogen and oxygen atoms in total. The van der Waals surface area contributed by atoms with Crippen LogP contribution in [0.3, 0.4) is 0 Å². The van der Waals surface area contributed by atoms with Gasteiger partial charge < -0.3 is 9.73 Å². The predicted molar refractivity (Wildman–Crippen MR) is 92.1 cm³/mol. The van der Waals surface area contributed by atoms with E-state index in [-0.39, 0.29) is 11.9 Å². The van der Waals surface area contributed by atoms with E-state index in [9.17, 15) is 4.79 Å². The maximum absolute atomic E-state index is 12.1. The molecule has 3 rings (SSSR count). The molecule has 1 aromatic heterocycles. The number of fused-ring (bicyclic) bond motifs is 1. The van der Waals surface area contributed by atoms with Gasteiger partial charge in [-0.3, -0.25) is 4.79 Å². The van der Waals surface area contributed by atoms with E-state index in [1.807, 2.05) is 37.3 Å². The van der Waals surface area contributed by atoms with Crippen molar-refractivity contribution >= 4 is 28.6 Å². The zero-order valence-corrected chi connectivity index (χ0v) is 13.8. The van der Waals surface area contributed by atoms with Gasteiger partial charge in [0.15, 0.2) is 0 Å². The third-order valence-corrected chi connectivity index (χ3v) is 5.62. The molecule has 0 aliphatic heterocycles. The van der Waals surface area contributed by atoms with E-state index < -0.39 is 0 Å². The minimum atomic E-state index is -0.0909. The number of nitrogens with one attached hydrogen (secondary N) is 1. The summed E-state index contributed by atoms with van der Waals surface area (Å²) in [6, 6.07) is 9.84. The van der Waals surface area contributed by atoms with Crippen molar-refractivity contribution in [3.05, 3.63) is 36.1 Å². The number of benzene rings is 1. The fraction of sp³-hybridized carbons (Fsp3) is 0.500. The van der Waals surface area contributed by atoms with Crippen LogP contribution in [0.25, 0.3) is 11.0 Å². The van der Waals surface area contributed by atoms with Crippen LogP contribution in [-0.2, 0) is 4.79 Å². The molecule has 1 aromatic carbocycles. The van der Waals surface area contributed by atoms with Gasteiger partial charge in [0.1, 0.15) is 11.3 Å². The summed E-state index contributed by atoms with van der Waals surface area (Å²) in [4.78, 5) is 12.1. The van der Waals surface area contributed by atoms with Crippen molar-refractivity contribution in [2.75, 3.05) is 5.75 Å². The number of carbonyl (C=O) groups is 1. The zero-order chi connectivity index (χ0) is 15.4. The molecule has 4 heteroatoms. The first-order valence-electron chi connectivity index (χ1n) is 8.12. The second kappa shape index (κ2) is 7.23. The largest absolute Gasteiger partial charge is 0.459 e. The maximum Gasteiger partial charge on any atom is 0.230 e. The molecule has 1 aliphatic carbocycles. The molecule has 0 bridgehead atoms. The highest BCUT2D eigenvalue weighted by Gasteiger charge is 2.17. The summed E-state index contributed by atoms with van der Waals surface area (Å²) < 4.78 is 5.80. The number of rotatable bonds is 5. The summed E-state index contributed by atoms with van der Waals surface area (Å²) in [7, 11) is 0. The van der Waals surface area contributed by atoms with Crippen LogP contribution in [0.2, 0.25) is 0 Å². The molecular formula is C18H23NO2S. The van der Waals surface area contributed by atoms with Gasteiger partial charge in [-0.15, -0.1) is 11.8 Å². The second-order valence-corrected chi connectivity index (χ2v) is 7.34. The molecule has 0 spiro atoms. The van der Waals surface area contributed by atoms with Crippen LogP contribution in [-0.4, -0.2) is 16.9 Å². The Bertz CT molecular complexity index is 598. The molecule has 0 unspecified atom stereocenters. The minimum Gasteiger partial charge on any atom is -0.459 e. The van der Waals surface area contributed by atoms with E-state index in [0.717, 1.165) is 16.7 Å². The van der Waals surface area contributed by atoms with Gasteiger partial charge in [-0.1, -0.05) is 37.5 Å². The SMILES string of the molecule is C[C@@H](NC(=O)CSC1CCCCC1)c1cc2ccccc2o1. The van der Waals surface area contributed by atoms with Crippen LogP contribution in [0.1, 0.15) is 50.8 Å². The summed E-state index contributed by atoms with van der Waals surface area (Å²) in [5.74, 6) is 1.47. The highest BCUT2D eigenvalue weighted by molar-refractivity contribution is 8.00. The Morgan fingerprint density at radius 3 is 2.86 bits per heavy atom. The average molecular weight is 317 g/mol. The van der Waals surface area contributed by atoms with Crippen LogP contribution >= 0.6 is 11.8 Å². The van der Waals surface area contributed by atoms with Gasteiger partial charge in [0, 0.05) is 10.6 Å². The molecule has 1 aliphatic rings. The van der Waals surface area contributed by atoms with Gasteiger partial charge in [-0.2, -0.15) is 0 Å². The van der Waals surface area contributed by atoms with Crippen molar-refractivity contribution in [3.8, 4) is 0 Å². The monoisotopic (exact) mass is 317 g/mol. The van der Waals surface area contributed by atoms with Gasteiger partial charge >= 0.3 is 0 Å². The van der Waals surface area contributed by atoms with E-state index in [2.05, 4.69) is 5.32 Å². The van der Waals surface area contributed by atoms with Crippen LogP contribution in [0.15, 0.2) is 34.7 Å². The lowest BCUT2D eigenvalue weighted by Gasteiger charge is -2.21. The molecule has 1 saturated carbocycles. The lowest BCUT2D eigenvalue weighted by atomic mass is 10.0. The number of hydrogen-bond acceptors (Lipinski definition) is 3. The molecule has 1 heterocycles. The minimum absolute atomic E-state index is 0.0909. The van der Waals surface area contributed by atoms with Crippen molar-refractivity contribution in [2.24, 2.45) is 0 Å². The first kappa shape index (κ1) is 15.5. The van der Waals surface area contributed by atoms with Crippen molar-refractivity contribution in [3.63, 3.8) is 0 Å². The molecule has 0 saturated heterocycles. The Hall–Kier alpha value is -1.42. The average Bonchev–Trinajstić information content (AvgIpc) is 2.98. The molecule has 1 amide bonds. The molecule has 118 valence electrons. The number of furan rings is 1. The number of thioether (sulfide) groups is 1. The Morgan fingerprint density at radius 2 is 2.09 bits per heavy atom. The van der Waals surface area contributed by atoms with Crippen LogP contribution in [0, 0.1) is 0 Å². The first-order valence-corrected chi connectivity index (χ1v) is 9.16. The van der Waals surface area contributed by atoms with Crippen LogP contribution in [0.5, 0.6) is 0 Å². The van der Waals surface area contributed by atoms with Gasteiger partial charge in [0.05, 0.1) is 11.8 Å². The van der Waals surface area contributed by atoms with Gasteiger partial charge in [-0.05, 0) is 31.9 Å². The van der Waals surface area contributed by atoms with Crippen molar-refractivity contribution < 1.29 is 9.21 Å². The van der Waals surface area contributed by atoms with Gasteiger partial charge in [-0.25, -0.2) is 0 Å². The highest BCUT2D eigenvalue weighted by Crippen LogP contribution is 2.28. The third kappa shape index (κ3) is 3.86. The summed E-state index contributed by atoms with van der Waals surface area (Å²) in [5, 5.41) is 4.79. The standard InChI is InChI=1S/C18H23NO2S/c1-13(17-11-14-7-5-6-10-16(14)21-17)19-18(20)12-22-15-8-3-2-4-9-15/h5-7,10-11,13,15H,2-4,8-9,12H2,1H3,(H,19,20)/t13-/m1/s1. The first-order chi connectivity index (χ1) is 10.7. The summed E-state index contributed by atoms with van der Waals surface area (Å²) >= 11 is 1.81.